The minimum atomic E-state index is -2.93. The molecule has 0 bridgehead atoms. The van der Waals surface area contributed by atoms with Crippen LogP contribution in [0.25, 0.3) is 0 Å². The molecule has 0 radical (unpaired) electrons. The molecule has 0 aliphatic heterocycles. The highest BCUT2D eigenvalue weighted by Crippen LogP contribution is 2.28. The number of nitrogens with zero attached hydrogens (tertiary/aromatic N) is 1. The number of benzene rings is 1. The van der Waals surface area contributed by atoms with Crippen LogP contribution in [0.4, 0.5) is 8.78 Å². The molecule has 1 aliphatic rings. The molecular weight excluding hydrogens is 334 g/mol. The highest BCUT2D eigenvalue weighted by Gasteiger charge is 2.15. The number of halogens is 2. The first-order valence-corrected chi connectivity index (χ1v) is 8.16. The molecule has 1 N–H and O–H groups in total. The number of methoxy groups -OCH3 is 1. The smallest absolute Gasteiger partial charge is 0.387 e. The van der Waals surface area contributed by atoms with Crippen LogP contribution in [0.1, 0.15) is 37.7 Å². The van der Waals surface area contributed by atoms with E-state index in [9.17, 15) is 13.6 Å². The van der Waals surface area contributed by atoms with E-state index in [2.05, 4.69) is 15.2 Å². The van der Waals surface area contributed by atoms with Crippen LogP contribution in [-0.4, -0.2) is 38.5 Å². The topological polar surface area (TPSA) is 69.2 Å². The Morgan fingerprint density at radius 1 is 1.32 bits per heavy atom. The molecule has 1 aromatic carbocycles. The maximum Gasteiger partial charge on any atom is 0.387 e. The zero-order valence-electron chi connectivity index (χ0n) is 14.0. The number of alkyl halides is 2. The summed E-state index contributed by atoms with van der Waals surface area (Å²) < 4.78 is 33.9. The number of carbonyl (C=O) groups is 1. The van der Waals surface area contributed by atoms with E-state index in [-0.39, 0.29) is 30.1 Å². The van der Waals surface area contributed by atoms with Crippen molar-refractivity contribution in [3.8, 4) is 11.5 Å². The fraction of sp³-hybridized carbons (Fsp3) is 0.529. The van der Waals surface area contributed by atoms with E-state index in [1.807, 2.05) is 0 Å². The minimum Gasteiger partial charge on any atom is -0.493 e. The first-order chi connectivity index (χ1) is 12.1. The van der Waals surface area contributed by atoms with E-state index in [0.717, 1.165) is 25.7 Å². The number of nitrogens with one attached hydrogen (secondary N) is 1. The fourth-order valence-corrected chi connectivity index (χ4v) is 2.67. The summed E-state index contributed by atoms with van der Waals surface area (Å²) in [4.78, 5) is 16.7. The predicted molar refractivity (Wildman–Crippen MR) is 88.2 cm³/mol. The van der Waals surface area contributed by atoms with Gasteiger partial charge in [0.25, 0.3) is 5.91 Å². The molecule has 6 nitrogen and oxygen atoms in total. The average molecular weight is 356 g/mol. The van der Waals surface area contributed by atoms with E-state index in [1.165, 1.54) is 37.9 Å². The summed E-state index contributed by atoms with van der Waals surface area (Å²) in [5, 5.41) is 6.63. The highest BCUT2D eigenvalue weighted by molar-refractivity contribution is 5.81. The van der Waals surface area contributed by atoms with E-state index < -0.39 is 6.61 Å². The van der Waals surface area contributed by atoms with Gasteiger partial charge < -0.3 is 19.6 Å². The lowest BCUT2D eigenvalue weighted by Crippen LogP contribution is -2.38. The van der Waals surface area contributed by atoms with Crippen LogP contribution >= 0.6 is 0 Å². The van der Waals surface area contributed by atoms with E-state index in [1.54, 1.807) is 0 Å². The van der Waals surface area contributed by atoms with Gasteiger partial charge in [0, 0.05) is 11.6 Å². The van der Waals surface area contributed by atoms with Gasteiger partial charge in [-0.25, -0.2) is 0 Å². The third-order valence-electron chi connectivity index (χ3n) is 3.85. The van der Waals surface area contributed by atoms with Crippen molar-refractivity contribution >= 4 is 12.1 Å². The zero-order valence-corrected chi connectivity index (χ0v) is 14.0. The maximum absolute atomic E-state index is 12.3. The van der Waals surface area contributed by atoms with Crippen molar-refractivity contribution in [2.75, 3.05) is 13.7 Å². The van der Waals surface area contributed by atoms with Gasteiger partial charge in [0.15, 0.2) is 18.1 Å². The van der Waals surface area contributed by atoms with Crippen molar-refractivity contribution < 1.29 is 27.9 Å². The van der Waals surface area contributed by atoms with Gasteiger partial charge in [-0.05, 0) is 31.0 Å². The van der Waals surface area contributed by atoms with Crippen LogP contribution < -0.4 is 14.8 Å². The first kappa shape index (κ1) is 19.0. The van der Waals surface area contributed by atoms with E-state index in [0.29, 0.717) is 5.56 Å². The van der Waals surface area contributed by atoms with E-state index >= 15 is 0 Å². The number of hydrogen-bond donors (Lipinski definition) is 1. The Bertz CT molecular complexity index is 590. The Balaban J connectivity index is 1.79. The molecule has 0 aromatic heterocycles. The summed E-state index contributed by atoms with van der Waals surface area (Å²) in [6.45, 7) is -3.10. The number of oxime groups is 1. The van der Waals surface area contributed by atoms with Gasteiger partial charge in [0.2, 0.25) is 0 Å². The largest absolute Gasteiger partial charge is 0.493 e. The number of carbonyl (C=O) groups excluding carboxylic acids is 1. The Labute approximate surface area is 145 Å². The van der Waals surface area contributed by atoms with Crippen LogP contribution in [0.3, 0.4) is 0 Å². The monoisotopic (exact) mass is 356 g/mol. The van der Waals surface area contributed by atoms with Crippen LogP contribution in [0.15, 0.2) is 23.4 Å². The Morgan fingerprint density at radius 2 is 2.08 bits per heavy atom. The molecule has 1 fully saturated rings. The molecule has 2 rings (SSSR count). The van der Waals surface area contributed by atoms with Gasteiger partial charge in [-0.3, -0.25) is 4.79 Å². The van der Waals surface area contributed by atoms with Gasteiger partial charge in [-0.2, -0.15) is 8.78 Å². The maximum atomic E-state index is 12.3. The summed E-state index contributed by atoms with van der Waals surface area (Å²) in [7, 11) is 1.35. The molecule has 8 heteroatoms. The van der Waals surface area contributed by atoms with Gasteiger partial charge in [-0.1, -0.05) is 24.4 Å². The third-order valence-corrected chi connectivity index (χ3v) is 3.85. The molecular formula is C17H22F2N2O4. The minimum absolute atomic E-state index is 0.0672. The zero-order chi connectivity index (χ0) is 18.1. The molecule has 1 aromatic rings. The second-order valence-corrected chi connectivity index (χ2v) is 5.70. The first-order valence-electron chi connectivity index (χ1n) is 8.16. The predicted octanol–water partition coefficient (Wildman–Crippen LogP) is 3.10. The van der Waals surface area contributed by atoms with Crippen LogP contribution in [0.5, 0.6) is 11.5 Å². The van der Waals surface area contributed by atoms with Crippen molar-refractivity contribution in [2.24, 2.45) is 5.16 Å². The molecule has 0 heterocycles. The summed E-state index contributed by atoms with van der Waals surface area (Å²) in [6.07, 6.45) is 6.86. The summed E-state index contributed by atoms with van der Waals surface area (Å²) in [5.41, 5.74) is 0.561. The molecule has 25 heavy (non-hydrogen) atoms. The molecule has 0 saturated heterocycles. The SMILES string of the molecule is COc1cc(/C=N\OCC(=O)NC2CCCCC2)ccc1OC(F)F. The van der Waals surface area contributed by atoms with E-state index in [4.69, 9.17) is 9.57 Å². The average Bonchev–Trinajstić information content (AvgIpc) is 2.60. The quantitative estimate of drug-likeness (QED) is 0.574. The Morgan fingerprint density at radius 3 is 2.76 bits per heavy atom. The molecule has 1 saturated carbocycles. The lowest BCUT2D eigenvalue weighted by Gasteiger charge is -2.22. The molecule has 1 aliphatic carbocycles. The van der Waals surface area contributed by atoms with Gasteiger partial charge in [0.05, 0.1) is 13.3 Å². The highest BCUT2D eigenvalue weighted by atomic mass is 19.3. The van der Waals surface area contributed by atoms with Gasteiger partial charge >= 0.3 is 6.61 Å². The lowest BCUT2D eigenvalue weighted by molar-refractivity contribution is -0.126. The number of amides is 1. The van der Waals surface area contributed by atoms with Crippen molar-refractivity contribution in [1.29, 1.82) is 0 Å². The number of hydrogen-bond acceptors (Lipinski definition) is 5. The Hall–Kier alpha value is -2.38. The van der Waals surface area contributed by atoms with Crippen molar-refractivity contribution in [2.45, 2.75) is 44.8 Å². The van der Waals surface area contributed by atoms with Crippen LogP contribution in [0.2, 0.25) is 0 Å². The van der Waals surface area contributed by atoms with Crippen molar-refractivity contribution in [3.63, 3.8) is 0 Å². The second kappa shape index (κ2) is 9.80. The Kier molecular flexibility index (Phi) is 7.43. The van der Waals surface area contributed by atoms with Crippen LogP contribution in [-0.2, 0) is 9.63 Å². The molecule has 0 spiro atoms. The second-order valence-electron chi connectivity index (χ2n) is 5.70. The van der Waals surface area contributed by atoms with Gasteiger partial charge in [0.1, 0.15) is 0 Å². The molecule has 0 atom stereocenters. The fourth-order valence-electron chi connectivity index (χ4n) is 2.67. The van der Waals surface area contributed by atoms with Crippen molar-refractivity contribution in [3.05, 3.63) is 23.8 Å². The van der Waals surface area contributed by atoms with Crippen molar-refractivity contribution in [1.82, 2.24) is 5.32 Å². The summed E-state index contributed by atoms with van der Waals surface area (Å²) in [6, 6.07) is 4.57. The normalized spacial score (nSPS) is 15.4. The molecule has 1 amide bonds. The van der Waals surface area contributed by atoms with Gasteiger partial charge in [-0.15, -0.1) is 0 Å². The van der Waals surface area contributed by atoms with Crippen LogP contribution in [0, 0.1) is 0 Å². The summed E-state index contributed by atoms with van der Waals surface area (Å²) >= 11 is 0. The number of ether oxygens (including phenoxy) is 2. The third kappa shape index (κ3) is 6.56. The standard InChI is InChI=1S/C17H22F2N2O4/c1-23-15-9-12(7-8-14(15)25-17(18)19)10-20-24-11-16(22)21-13-5-3-2-4-6-13/h7-10,13,17H,2-6,11H2,1H3,(H,21,22)/b20-10-. The summed E-state index contributed by atoms with van der Waals surface area (Å²) in [5.74, 6) is -0.121. The molecule has 138 valence electrons. The number of rotatable bonds is 8. The lowest BCUT2D eigenvalue weighted by atomic mass is 9.95. The molecule has 0 unspecified atom stereocenters.